The minimum Gasteiger partial charge on any atom is -0.350 e. The van der Waals surface area contributed by atoms with Crippen molar-refractivity contribution in [1.29, 1.82) is 0 Å². The van der Waals surface area contributed by atoms with Crippen molar-refractivity contribution in [2.24, 2.45) is 0 Å². The first kappa shape index (κ1) is 14.7. The van der Waals surface area contributed by atoms with E-state index in [2.05, 4.69) is 29.1 Å². The second-order valence-electron chi connectivity index (χ2n) is 5.17. The van der Waals surface area contributed by atoms with Crippen molar-refractivity contribution < 1.29 is 4.79 Å². The fraction of sp³-hybridized carbons (Fsp3) is 0.500. The summed E-state index contributed by atoms with van der Waals surface area (Å²) < 4.78 is 1.93. The molecule has 0 spiro atoms. The molecule has 0 bridgehead atoms. The highest BCUT2D eigenvalue weighted by Crippen LogP contribution is 2.19. The van der Waals surface area contributed by atoms with Gasteiger partial charge in [0.15, 0.2) is 0 Å². The molecule has 2 heterocycles. The number of thiazole rings is 1. The summed E-state index contributed by atoms with van der Waals surface area (Å²) in [6, 6.07) is 0.110. The van der Waals surface area contributed by atoms with Crippen LogP contribution in [-0.2, 0) is 11.3 Å². The van der Waals surface area contributed by atoms with Gasteiger partial charge in [0.25, 0.3) is 0 Å². The van der Waals surface area contributed by atoms with Gasteiger partial charge < -0.3 is 9.88 Å². The number of aromatic nitrogens is 3. The van der Waals surface area contributed by atoms with Gasteiger partial charge in [0.1, 0.15) is 0 Å². The Morgan fingerprint density at radius 2 is 2.25 bits per heavy atom. The number of nitrogens with one attached hydrogen (secondary N) is 1. The summed E-state index contributed by atoms with van der Waals surface area (Å²) in [6.45, 7) is 6.74. The summed E-state index contributed by atoms with van der Waals surface area (Å²) in [7, 11) is 0. The largest absolute Gasteiger partial charge is 0.350 e. The van der Waals surface area contributed by atoms with Crippen molar-refractivity contribution in [2.45, 2.75) is 45.7 Å². The Morgan fingerprint density at radius 3 is 2.85 bits per heavy atom. The molecule has 0 fully saturated rings. The van der Waals surface area contributed by atoms with Gasteiger partial charge in [-0.05, 0) is 6.92 Å². The molecule has 20 heavy (non-hydrogen) atoms. The van der Waals surface area contributed by atoms with E-state index in [4.69, 9.17) is 0 Å². The van der Waals surface area contributed by atoms with Crippen LogP contribution in [0.4, 0.5) is 0 Å². The second-order valence-corrected chi connectivity index (χ2v) is 6.06. The molecule has 1 N–H and O–H groups in total. The molecule has 0 aliphatic heterocycles. The summed E-state index contributed by atoms with van der Waals surface area (Å²) in [5, 5.41) is 6.04. The summed E-state index contributed by atoms with van der Waals surface area (Å²) >= 11 is 1.65. The summed E-state index contributed by atoms with van der Waals surface area (Å²) in [5.41, 5.74) is 0.933. The number of imidazole rings is 1. The Hall–Kier alpha value is -1.69. The molecular formula is C14H20N4OS. The maximum absolute atomic E-state index is 11.9. The lowest BCUT2D eigenvalue weighted by Crippen LogP contribution is -2.25. The fourth-order valence-corrected chi connectivity index (χ4v) is 2.67. The average Bonchev–Trinajstić information content (AvgIpc) is 3.07. The van der Waals surface area contributed by atoms with Crippen LogP contribution in [0.15, 0.2) is 24.1 Å². The van der Waals surface area contributed by atoms with E-state index in [9.17, 15) is 4.79 Å². The van der Waals surface area contributed by atoms with Gasteiger partial charge in [0.2, 0.25) is 5.91 Å². The summed E-state index contributed by atoms with van der Waals surface area (Å²) in [6.07, 6.45) is 5.76. The molecule has 0 aromatic carbocycles. The van der Waals surface area contributed by atoms with Gasteiger partial charge in [-0.25, -0.2) is 9.97 Å². The quantitative estimate of drug-likeness (QED) is 0.890. The van der Waals surface area contributed by atoms with Gasteiger partial charge in [0.05, 0.1) is 23.6 Å². The lowest BCUT2D eigenvalue weighted by Gasteiger charge is -2.12. The average molecular weight is 292 g/mol. The Balaban J connectivity index is 1.80. The maximum Gasteiger partial charge on any atom is 0.222 e. The number of amides is 1. The molecule has 1 amide bonds. The van der Waals surface area contributed by atoms with Crippen molar-refractivity contribution in [2.75, 3.05) is 0 Å². The number of rotatable bonds is 6. The van der Waals surface area contributed by atoms with E-state index < -0.39 is 0 Å². The molecule has 6 heteroatoms. The molecule has 2 rings (SSSR count). The molecule has 0 saturated carbocycles. The number of carbonyl (C=O) groups is 1. The zero-order chi connectivity index (χ0) is 14.5. The first-order chi connectivity index (χ1) is 9.56. The number of hydrogen-bond donors (Lipinski definition) is 1. The topological polar surface area (TPSA) is 59.8 Å². The van der Waals surface area contributed by atoms with E-state index in [0.717, 1.165) is 10.7 Å². The maximum atomic E-state index is 11.9. The highest BCUT2D eigenvalue weighted by Gasteiger charge is 2.11. The molecule has 0 aliphatic carbocycles. The number of carbonyl (C=O) groups excluding carboxylic acids is 1. The second kappa shape index (κ2) is 6.65. The van der Waals surface area contributed by atoms with Crippen LogP contribution in [0.1, 0.15) is 49.9 Å². The third-order valence-corrected chi connectivity index (χ3v) is 4.24. The molecule has 108 valence electrons. The Labute approximate surface area is 123 Å². The Kier molecular flexibility index (Phi) is 4.89. The van der Waals surface area contributed by atoms with E-state index in [1.807, 2.05) is 23.1 Å². The van der Waals surface area contributed by atoms with Crippen LogP contribution in [0.2, 0.25) is 0 Å². The highest BCUT2D eigenvalue weighted by atomic mass is 32.1. The van der Waals surface area contributed by atoms with Crippen molar-refractivity contribution >= 4 is 17.2 Å². The summed E-state index contributed by atoms with van der Waals surface area (Å²) in [4.78, 5) is 20.4. The first-order valence-electron chi connectivity index (χ1n) is 6.74. The van der Waals surface area contributed by atoms with Crippen molar-refractivity contribution in [3.05, 3.63) is 34.8 Å². The van der Waals surface area contributed by atoms with E-state index in [0.29, 0.717) is 18.9 Å². The van der Waals surface area contributed by atoms with Gasteiger partial charge in [-0.3, -0.25) is 4.79 Å². The zero-order valence-electron chi connectivity index (χ0n) is 12.0. The van der Waals surface area contributed by atoms with Gasteiger partial charge in [-0.2, -0.15) is 0 Å². The van der Waals surface area contributed by atoms with Crippen molar-refractivity contribution in [1.82, 2.24) is 19.9 Å². The smallest absolute Gasteiger partial charge is 0.222 e. The van der Waals surface area contributed by atoms with Gasteiger partial charge in [-0.1, -0.05) is 13.8 Å². The number of nitrogens with zero attached hydrogens (tertiary/aromatic N) is 3. The van der Waals surface area contributed by atoms with Gasteiger partial charge >= 0.3 is 0 Å². The summed E-state index contributed by atoms with van der Waals surface area (Å²) in [5.74, 6) is 0.469. The normalized spacial score (nSPS) is 12.6. The monoisotopic (exact) mass is 292 g/mol. The molecule has 0 aliphatic rings. The van der Waals surface area contributed by atoms with E-state index in [1.54, 1.807) is 23.9 Å². The molecule has 2 aromatic heterocycles. The van der Waals surface area contributed by atoms with Gasteiger partial charge in [-0.15, -0.1) is 11.3 Å². The minimum atomic E-state index is 0.0327. The zero-order valence-corrected chi connectivity index (χ0v) is 12.9. The SMILES string of the molecule is CC(C)c1nc(CNC(=O)CC(C)n2ccnc2)cs1. The lowest BCUT2D eigenvalue weighted by molar-refractivity contribution is -0.121. The predicted molar refractivity (Wildman–Crippen MR) is 79.6 cm³/mol. The highest BCUT2D eigenvalue weighted by molar-refractivity contribution is 7.09. The number of hydrogen-bond acceptors (Lipinski definition) is 4. The van der Waals surface area contributed by atoms with Crippen molar-refractivity contribution in [3.63, 3.8) is 0 Å². The Morgan fingerprint density at radius 1 is 1.45 bits per heavy atom. The predicted octanol–water partition coefficient (Wildman–Crippen LogP) is 2.73. The lowest BCUT2D eigenvalue weighted by atomic mass is 10.2. The molecule has 0 saturated heterocycles. The van der Waals surface area contributed by atoms with Crippen LogP contribution in [0.3, 0.4) is 0 Å². The third-order valence-electron chi connectivity index (χ3n) is 3.04. The molecule has 2 aromatic rings. The fourth-order valence-electron chi connectivity index (χ4n) is 1.83. The molecule has 5 nitrogen and oxygen atoms in total. The molecule has 1 unspecified atom stereocenters. The molecule has 1 atom stereocenters. The Bertz CT molecular complexity index is 547. The van der Waals surface area contributed by atoms with E-state index in [-0.39, 0.29) is 11.9 Å². The first-order valence-corrected chi connectivity index (χ1v) is 7.62. The third kappa shape index (κ3) is 3.90. The van der Waals surface area contributed by atoms with Crippen LogP contribution in [-0.4, -0.2) is 20.4 Å². The van der Waals surface area contributed by atoms with Crippen molar-refractivity contribution in [3.8, 4) is 0 Å². The van der Waals surface area contributed by atoms with Gasteiger partial charge in [0, 0.05) is 36.2 Å². The standard InChI is InChI=1S/C14H20N4OS/c1-10(2)14-17-12(8-20-14)7-16-13(19)6-11(3)18-5-4-15-9-18/h4-5,8-11H,6-7H2,1-3H3,(H,16,19). The van der Waals surface area contributed by atoms with Crippen LogP contribution in [0.25, 0.3) is 0 Å². The minimum absolute atomic E-state index is 0.0327. The van der Waals surface area contributed by atoms with Crippen LogP contribution >= 0.6 is 11.3 Å². The van der Waals surface area contributed by atoms with E-state index >= 15 is 0 Å². The van der Waals surface area contributed by atoms with E-state index in [1.165, 1.54) is 0 Å². The van der Waals surface area contributed by atoms with Crippen LogP contribution in [0, 0.1) is 0 Å². The van der Waals surface area contributed by atoms with Crippen LogP contribution < -0.4 is 5.32 Å². The molecule has 0 radical (unpaired) electrons. The molecular weight excluding hydrogens is 272 g/mol. The van der Waals surface area contributed by atoms with Crippen LogP contribution in [0.5, 0.6) is 0 Å².